The van der Waals surface area contributed by atoms with E-state index < -0.39 is 12.0 Å². The number of carboxylic acid groups (broad SMARTS) is 1. The molecule has 1 amide bonds. The molecule has 6 heteroatoms. The Hall–Kier alpha value is -1.14. The lowest BCUT2D eigenvalue weighted by molar-refractivity contribution is -0.144. The van der Waals surface area contributed by atoms with Gasteiger partial charge in [-0.3, -0.25) is 14.5 Å². The Balaban J connectivity index is 1.98. The Morgan fingerprint density at radius 2 is 2.00 bits per heavy atom. The van der Waals surface area contributed by atoms with Gasteiger partial charge in [0.2, 0.25) is 5.91 Å². The van der Waals surface area contributed by atoms with Gasteiger partial charge in [-0.05, 0) is 39.8 Å². The maximum Gasteiger partial charge on any atom is 0.305 e. The van der Waals surface area contributed by atoms with Crippen LogP contribution in [0.3, 0.4) is 0 Å². The summed E-state index contributed by atoms with van der Waals surface area (Å²) in [5.74, 6) is -1.04. The zero-order valence-electron chi connectivity index (χ0n) is 12.3. The molecule has 2 aliphatic heterocycles. The van der Waals surface area contributed by atoms with E-state index in [9.17, 15) is 9.59 Å². The Morgan fingerprint density at radius 3 is 2.55 bits per heavy atom. The predicted octanol–water partition coefficient (Wildman–Crippen LogP) is 0.134. The summed E-state index contributed by atoms with van der Waals surface area (Å²) in [6.45, 7) is 7.83. The monoisotopic (exact) mass is 283 g/mol. The molecule has 114 valence electrons. The second kappa shape index (κ2) is 6.54. The summed E-state index contributed by atoms with van der Waals surface area (Å²) in [4.78, 5) is 27.4. The highest BCUT2D eigenvalue weighted by Gasteiger charge is 2.37. The van der Waals surface area contributed by atoms with Crippen LogP contribution in [0.15, 0.2) is 0 Å². The minimum Gasteiger partial charge on any atom is -0.481 e. The van der Waals surface area contributed by atoms with Crippen molar-refractivity contribution in [3.05, 3.63) is 0 Å². The first-order chi connectivity index (χ1) is 9.49. The molecule has 0 aromatic carbocycles. The molecule has 1 unspecified atom stereocenters. The van der Waals surface area contributed by atoms with Crippen LogP contribution in [0.2, 0.25) is 0 Å². The molecule has 2 fully saturated rings. The summed E-state index contributed by atoms with van der Waals surface area (Å²) in [5.41, 5.74) is 0. The molecule has 2 N–H and O–H groups in total. The van der Waals surface area contributed by atoms with Crippen LogP contribution in [-0.4, -0.2) is 71.1 Å². The molecule has 1 atom stereocenters. The molecule has 0 aliphatic carbocycles. The average molecular weight is 283 g/mol. The zero-order chi connectivity index (χ0) is 14.7. The summed E-state index contributed by atoms with van der Waals surface area (Å²) in [6.07, 6.45) is 1.93. The van der Waals surface area contributed by atoms with Crippen LogP contribution in [0.4, 0.5) is 0 Å². The van der Waals surface area contributed by atoms with E-state index in [1.165, 1.54) is 0 Å². The first-order valence-corrected chi connectivity index (χ1v) is 7.48. The van der Waals surface area contributed by atoms with Gasteiger partial charge >= 0.3 is 5.97 Å². The Morgan fingerprint density at radius 1 is 1.35 bits per heavy atom. The lowest BCUT2D eigenvalue weighted by atomic mass is 9.97. The van der Waals surface area contributed by atoms with Crippen molar-refractivity contribution in [2.24, 2.45) is 0 Å². The van der Waals surface area contributed by atoms with Crippen LogP contribution >= 0.6 is 0 Å². The van der Waals surface area contributed by atoms with E-state index in [2.05, 4.69) is 29.0 Å². The van der Waals surface area contributed by atoms with Crippen molar-refractivity contribution in [1.29, 1.82) is 0 Å². The molecule has 2 saturated heterocycles. The highest BCUT2D eigenvalue weighted by molar-refractivity contribution is 5.86. The Kier molecular flexibility index (Phi) is 4.99. The number of piperidine rings is 1. The van der Waals surface area contributed by atoms with Gasteiger partial charge in [0.15, 0.2) is 0 Å². The van der Waals surface area contributed by atoms with Gasteiger partial charge in [0.25, 0.3) is 0 Å². The molecular formula is C14H25N3O3. The topological polar surface area (TPSA) is 72.9 Å². The summed E-state index contributed by atoms with van der Waals surface area (Å²) in [6, 6.07) is 0.382. The fourth-order valence-electron chi connectivity index (χ4n) is 3.28. The van der Waals surface area contributed by atoms with Gasteiger partial charge in [-0.1, -0.05) is 0 Å². The molecule has 0 aromatic rings. The number of nitrogens with one attached hydrogen (secondary N) is 1. The predicted molar refractivity (Wildman–Crippen MR) is 75.5 cm³/mol. The number of piperazine rings is 1. The van der Waals surface area contributed by atoms with E-state index in [-0.39, 0.29) is 12.3 Å². The second-order valence-electron chi connectivity index (χ2n) is 6.00. The molecule has 2 aliphatic rings. The van der Waals surface area contributed by atoms with Gasteiger partial charge in [-0.2, -0.15) is 0 Å². The summed E-state index contributed by atoms with van der Waals surface area (Å²) >= 11 is 0. The van der Waals surface area contributed by atoms with E-state index in [1.54, 1.807) is 0 Å². The molecule has 0 bridgehead atoms. The Labute approximate surface area is 120 Å². The smallest absolute Gasteiger partial charge is 0.305 e. The van der Waals surface area contributed by atoms with E-state index in [1.807, 2.05) is 0 Å². The number of hydrogen-bond donors (Lipinski definition) is 2. The molecule has 2 rings (SSSR count). The average Bonchev–Trinajstić information content (AvgIpc) is 2.41. The molecule has 20 heavy (non-hydrogen) atoms. The minimum absolute atomic E-state index is 0.101. The van der Waals surface area contributed by atoms with Crippen LogP contribution in [-0.2, 0) is 9.59 Å². The van der Waals surface area contributed by atoms with Crippen LogP contribution in [0, 0.1) is 0 Å². The van der Waals surface area contributed by atoms with E-state index >= 15 is 0 Å². The van der Waals surface area contributed by atoms with Crippen LogP contribution < -0.4 is 5.32 Å². The quantitative estimate of drug-likeness (QED) is 0.767. The third-order valence-corrected chi connectivity index (χ3v) is 4.44. The van der Waals surface area contributed by atoms with Gasteiger partial charge in [-0.25, -0.2) is 0 Å². The van der Waals surface area contributed by atoms with Gasteiger partial charge in [0.05, 0.1) is 12.5 Å². The van der Waals surface area contributed by atoms with Crippen molar-refractivity contribution >= 4 is 11.9 Å². The largest absolute Gasteiger partial charge is 0.481 e. The van der Waals surface area contributed by atoms with E-state index in [0.29, 0.717) is 18.6 Å². The highest BCUT2D eigenvalue weighted by atomic mass is 16.4. The van der Waals surface area contributed by atoms with Crippen molar-refractivity contribution in [2.45, 2.75) is 51.2 Å². The minimum atomic E-state index is -0.906. The number of rotatable bonds is 4. The summed E-state index contributed by atoms with van der Waals surface area (Å²) in [5, 5.41) is 11.8. The van der Waals surface area contributed by atoms with Crippen LogP contribution in [0.1, 0.15) is 33.1 Å². The number of likely N-dealkylation sites (tertiary alicyclic amines) is 1. The van der Waals surface area contributed by atoms with E-state index in [4.69, 9.17) is 5.11 Å². The molecule has 2 heterocycles. The summed E-state index contributed by atoms with van der Waals surface area (Å²) < 4.78 is 0. The van der Waals surface area contributed by atoms with Crippen molar-refractivity contribution in [3.63, 3.8) is 0 Å². The number of carboxylic acids is 1. The number of nitrogens with zero attached hydrogens (tertiary/aromatic N) is 2. The third kappa shape index (κ3) is 3.49. The third-order valence-electron chi connectivity index (χ3n) is 4.44. The molecule has 6 nitrogen and oxygen atoms in total. The van der Waals surface area contributed by atoms with Gasteiger partial charge < -0.3 is 15.3 Å². The molecule has 0 saturated carbocycles. The van der Waals surface area contributed by atoms with Gasteiger partial charge in [-0.15, -0.1) is 0 Å². The second-order valence-corrected chi connectivity index (χ2v) is 6.00. The van der Waals surface area contributed by atoms with Gasteiger partial charge in [0.1, 0.15) is 0 Å². The number of carbonyl (C=O) groups is 2. The number of amides is 1. The first kappa shape index (κ1) is 15.3. The summed E-state index contributed by atoms with van der Waals surface area (Å²) in [7, 11) is 0. The maximum absolute atomic E-state index is 11.9. The van der Waals surface area contributed by atoms with Crippen LogP contribution in [0.5, 0.6) is 0 Å². The number of carbonyl (C=O) groups excluding carboxylic acids is 1. The van der Waals surface area contributed by atoms with Crippen molar-refractivity contribution in [1.82, 2.24) is 15.1 Å². The van der Waals surface area contributed by atoms with Crippen molar-refractivity contribution < 1.29 is 14.7 Å². The van der Waals surface area contributed by atoms with Crippen LogP contribution in [0.25, 0.3) is 0 Å². The standard InChI is InChI=1S/C14H25N3O3/c1-10(2)16-6-3-11(4-7-16)17-8-5-15-14(20)12(17)9-13(18)19/h10-12H,3-9H2,1-2H3,(H,15,20)(H,18,19). The van der Waals surface area contributed by atoms with Gasteiger partial charge in [0, 0.05) is 25.2 Å². The number of aliphatic carboxylic acids is 1. The number of hydrogen-bond acceptors (Lipinski definition) is 4. The lowest BCUT2D eigenvalue weighted by Gasteiger charge is -2.44. The normalized spacial score (nSPS) is 26.8. The SMILES string of the molecule is CC(C)N1CCC(N2CCNC(=O)C2CC(=O)O)CC1. The fourth-order valence-corrected chi connectivity index (χ4v) is 3.28. The lowest BCUT2D eigenvalue weighted by Crippen LogP contribution is -2.60. The first-order valence-electron chi connectivity index (χ1n) is 7.48. The molecule has 0 spiro atoms. The van der Waals surface area contributed by atoms with Crippen molar-refractivity contribution in [2.75, 3.05) is 26.2 Å². The van der Waals surface area contributed by atoms with E-state index in [0.717, 1.165) is 32.5 Å². The zero-order valence-corrected chi connectivity index (χ0v) is 12.3. The molecule has 0 radical (unpaired) electrons. The van der Waals surface area contributed by atoms with Crippen molar-refractivity contribution in [3.8, 4) is 0 Å². The molecule has 0 aromatic heterocycles. The highest BCUT2D eigenvalue weighted by Crippen LogP contribution is 2.22. The fraction of sp³-hybridized carbons (Fsp3) is 0.857. The Bertz CT molecular complexity index is 365. The maximum atomic E-state index is 11.9. The molecular weight excluding hydrogens is 258 g/mol.